The van der Waals surface area contributed by atoms with Crippen molar-refractivity contribution in [1.29, 1.82) is 0 Å². The molecule has 2 heterocycles. The predicted molar refractivity (Wildman–Crippen MR) is 76.7 cm³/mol. The molecular weight excluding hydrogens is 268 g/mol. The predicted octanol–water partition coefficient (Wildman–Crippen LogP) is 1.46. The molecule has 1 aliphatic rings. The first-order chi connectivity index (χ1) is 10.1. The van der Waals surface area contributed by atoms with Crippen LogP contribution in [-0.2, 0) is 11.2 Å². The van der Waals surface area contributed by atoms with Crippen molar-refractivity contribution < 1.29 is 9.59 Å². The van der Waals surface area contributed by atoms with E-state index >= 15 is 0 Å². The van der Waals surface area contributed by atoms with Crippen LogP contribution in [0.4, 0.5) is 5.69 Å². The molecule has 0 saturated heterocycles. The summed E-state index contributed by atoms with van der Waals surface area (Å²) in [7, 11) is 0. The fourth-order valence-electron chi connectivity index (χ4n) is 2.29. The third-order valence-electron chi connectivity index (χ3n) is 3.40. The minimum atomic E-state index is -0.273. The lowest BCUT2D eigenvalue weighted by atomic mass is 10.0. The van der Waals surface area contributed by atoms with Crippen molar-refractivity contribution in [1.82, 2.24) is 15.3 Å². The van der Waals surface area contributed by atoms with Crippen molar-refractivity contribution in [2.75, 3.05) is 5.32 Å². The van der Waals surface area contributed by atoms with E-state index in [9.17, 15) is 9.59 Å². The van der Waals surface area contributed by atoms with Gasteiger partial charge in [0.15, 0.2) is 0 Å². The van der Waals surface area contributed by atoms with Crippen LogP contribution in [0.2, 0.25) is 0 Å². The number of nitrogens with zero attached hydrogens (tertiary/aromatic N) is 2. The summed E-state index contributed by atoms with van der Waals surface area (Å²) in [6.07, 6.45) is 4.80. The molecule has 21 heavy (non-hydrogen) atoms. The Morgan fingerprint density at radius 3 is 3.00 bits per heavy atom. The molecule has 0 bridgehead atoms. The molecule has 6 nitrogen and oxygen atoms in total. The molecule has 0 radical (unpaired) electrons. The van der Waals surface area contributed by atoms with Gasteiger partial charge < -0.3 is 10.6 Å². The highest BCUT2D eigenvalue weighted by Gasteiger charge is 2.19. The van der Waals surface area contributed by atoms with Crippen molar-refractivity contribution in [3.05, 3.63) is 53.6 Å². The van der Waals surface area contributed by atoms with Gasteiger partial charge in [-0.15, -0.1) is 0 Å². The fourth-order valence-corrected chi connectivity index (χ4v) is 2.29. The Morgan fingerprint density at radius 1 is 1.38 bits per heavy atom. The van der Waals surface area contributed by atoms with Gasteiger partial charge in [-0.2, -0.15) is 0 Å². The molecule has 1 aliphatic heterocycles. The number of fused-ring (bicyclic) bond motifs is 1. The van der Waals surface area contributed by atoms with Gasteiger partial charge >= 0.3 is 0 Å². The van der Waals surface area contributed by atoms with Gasteiger partial charge in [0.1, 0.15) is 5.69 Å². The minimum Gasteiger partial charge on any atom is -0.344 e. The van der Waals surface area contributed by atoms with Crippen LogP contribution < -0.4 is 10.6 Å². The smallest absolute Gasteiger partial charge is 0.271 e. The number of anilines is 1. The third-order valence-corrected chi connectivity index (χ3v) is 3.40. The van der Waals surface area contributed by atoms with Gasteiger partial charge in [0.2, 0.25) is 5.91 Å². The maximum Gasteiger partial charge on any atom is 0.271 e. The first-order valence-corrected chi connectivity index (χ1v) is 6.63. The summed E-state index contributed by atoms with van der Waals surface area (Å²) >= 11 is 0. The van der Waals surface area contributed by atoms with Crippen molar-refractivity contribution in [3.8, 4) is 0 Å². The summed E-state index contributed by atoms with van der Waals surface area (Å²) in [5, 5.41) is 5.65. The van der Waals surface area contributed by atoms with Crippen LogP contribution in [0.3, 0.4) is 0 Å². The summed E-state index contributed by atoms with van der Waals surface area (Å²) in [5.41, 5.74) is 3.03. The zero-order chi connectivity index (χ0) is 14.8. The van der Waals surface area contributed by atoms with Gasteiger partial charge in [0.25, 0.3) is 5.91 Å². The zero-order valence-electron chi connectivity index (χ0n) is 11.5. The van der Waals surface area contributed by atoms with Crippen molar-refractivity contribution in [3.63, 3.8) is 0 Å². The maximum atomic E-state index is 12.0. The van der Waals surface area contributed by atoms with Crippen LogP contribution in [0, 0.1) is 0 Å². The number of rotatable bonds is 3. The molecular formula is C15H14N4O2. The molecule has 2 amide bonds. The molecule has 6 heteroatoms. The standard InChI is InChI=1S/C15H14N4O2/c1-9(18-15(21)13-8-16-4-5-17-13)10-2-3-12-11(6-10)7-14(20)19-12/h2-6,8-9H,7H2,1H3,(H,18,21)(H,19,20). The molecule has 1 aromatic heterocycles. The lowest BCUT2D eigenvalue weighted by Crippen LogP contribution is -2.27. The monoisotopic (exact) mass is 282 g/mol. The molecule has 1 unspecified atom stereocenters. The number of carbonyl (C=O) groups excluding carboxylic acids is 2. The summed E-state index contributed by atoms with van der Waals surface area (Å²) in [4.78, 5) is 31.2. The van der Waals surface area contributed by atoms with Gasteiger partial charge in [0, 0.05) is 18.1 Å². The molecule has 3 rings (SSSR count). The van der Waals surface area contributed by atoms with Crippen LogP contribution in [0.5, 0.6) is 0 Å². The van der Waals surface area contributed by atoms with Gasteiger partial charge in [0.05, 0.1) is 18.7 Å². The Bertz CT molecular complexity index is 700. The molecule has 2 N–H and O–H groups in total. The number of nitrogens with one attached hydrogen (secondary N) is 2. The fraction of sp³-hybridized carbons (Fsp3) is 0.200. The van der Waals surface area contributed by atoms with Gasteiger partial charge in [-0.05, 0) is 24.1 Å². The lowest BCUT2D eigenvalue weighted by molar-refractivity contribution is -0.115. The summed E-state index contributed by atoms with van der Waals surface area (Å²) in [6, 6.07) is 5.52. The Morgan fingerprint density at radius 2 is 2.24 bits per heavy atom. The molecule has 106 valence electrons. The van der Waals surface area contributed by atoms with Gasteiger partial charge in [-0.1, -0.05) is 12.1 Å². The van der Waals surface area contributed by atoms with E-state index in [1.807, 2.05) is 25.1 Å². The molecule has 1 aromatic carbocycles. The number of hydrogen-bond acceptors (Lipinski definition) is 4. The highest BCUT2D eigenvalue weighted by atomic mass is 16.2. The van der Waals surface area contributed by atoms with Crippen molar-refractivity contribution in [2.45, 2.75) is 19.4 Å². The second-order valence-corrected chi connectivity index (χ2v) is 4.93. The minimum absolute atomic E-state index is 0.00148. The highest BCUT2D eigenvalue weighted by molar-refractivity contribution is 5.99. The Labute approximate surface area is 121 Å². The molecule has 0 fully saturated rings. The molecule has 0 saturated carbocycles. The molecule has 0 aliphatic carbocycles. The van der Waals surface area contributed by atoms with Crippen LogP contribution in [0.25, 0.3) is 0 Å². The lowest BCUT2D eigenvalue weighted by Gasteiger charge is -2.15. The van der Waals surface area contributed by atoms with Crippen LogP contribution in [0.15, 0.2) is 36.8 Å². The van der Waals surface area contributed by atoms with E-state index in [-0.39, 0.29) is 23.6 Å². The van der Waals surface area contributed by atoms with E-state index in [0.717, 1.165) is 16.8 Å². The second kappa shape index (κ2) is 5.32. The third kappa shape index (κ3) is 2.74. The number of hydrogen-bond donors (Lipinski definition) is 2. The van der Waals surface area contributed by atoms with E-state index in [2.05, 4.69) is 20.6 Å². The quantitative estimate of drug-likeness (QED) is 0.892. The maximum absolute atomic E-state index is 12.0. The van der Waals surface area contributed by atoms with Gasteiger partial charge in [-0.25, -0.2) is 4.98 Å². The normalized spacial score (nSPS) is 14.2. The SMILES string of the molecule is CC(NC(=O)c1cnccn1)c1ccc2c(c1)CC(=O)N2. The number of aromatic nitrogens is 2. The van der Waals surface area contributed by atoms with Crippen molar-refractivity contribution in [2.24, 2.45) is 0 Å². The summed E-state index contributed by atoms with van der Waals surface area (Å²) < 4.78 is 0. The first kappa shape index (κ1) is 13.2. The average molecular weight is 282 g/mol. The average Bonchev–Trinajstić information content (AvgIpc) is 2.87. The molecule has 1 atom stereocenters. The van der Waals surface area contributed by atoms with E-state index in [1.54, 1.807) is 0 Å². The summed E-state index contributed by atoms with van der Waals surface area (Å²) in [6.45, 7) is 1.89. The summed E-state index contributed by atoms with van der Waals surface area (Å²) in [5.74, 6) is -0.274. The Balaban J connectivity index is 1.74. The van der Waals surface area contributed by atoms with Crippen LogP contribution >= 0.6 is 0 Å². The molecule has 2 aromatic rings. The Kier molecular flexibility index (Phi) is 3.35. The van der Waals surface area contributed by atoms with E-state index in [1.165, 1.54) is 18.6 Å². The van der Waals surface area contributed by atoms with Crippen LogP contribution in [-0.4, -0.2) is 21.8 Å². The van der Waals surface area contributed by atoms with E-state index < -0.39 is 0 Å². The largest absolute Gasteiger partial charge is 0.344 e. The number of amides is 2. The first-order valence-electron chi connectivity index (χ1n) is 6.63. The van der Waals surface area contributed by atoms with Gasteiger partial charge in [-0.3, -0.25) is 14.6 Å². The van der Waals surface area contributed by atoms with Crippen LogP contribution in [0.1, 0.15) is 34.6 Å². The second-order valence-electron chi connectivity index (χ2n) is 4.93. The van der Waals surface area contributed by atoms with Crippen molar-refractivity contribution >= 4 is 17.5 Å². The number of carbonyl (C=O) groups is 2. The topological polar surface area (TPSA) is 84.0 Å². The highest BCUT2D eigenvalue weighted by Crippen LogP contribution is 2.26. The van der Waals surface area contributed by atoms with E-state index in [0.29, 0.717) is 6.42 Å². The molecule has 0 spiro atoms. The Hall–Kier alpha value is -2.76. The zero-order valence-corrected chi connectivity index (χ0v) is 11.5. The van der Waals surface area contributed by atoms with E-state index in [4.69, 9.17) is 0 Å². The number of benzene rings is 1.